The molecule has 1 aromatic carbocycles. The van der Waals surface area contributed by atoms with Crippen LogP contribution < -0.4 is 5.32 Å². The number of hydrogen-bond acceptors (Lipinski definition) is 2. The number of halogens is 2. The largest absolute Gasteiger partial charge is 0.378 e. The molecule has 2 rings (SSSR count). The summed E-state index contributed by atoms with van der Waals surface area (Å²) in [7, 11) is 0. The SMILES string of the molecule is Cc1cccc(CNc2cccc(Cl)c2Br)n1. The Morgan fingerprint density at radius 3 is 2.76 bits per heavy atom. The van der Waals surface area contributed by atoms with Crippen LogP contribution in [0.1, 0.15) is 11.4 Å². The summed E-state index contributed by atoms with van der Waals surface area (Å²) in [5.41, 5.74) is 3.01. The van der Waals surface area contributed by atoms with Crippen molar-refractivity contribution in [3.05, 3.63) is 57.3 Å². The molecular weight excluding hydrogens is 300 g/mol. The van der Waals surface area contributed by atoms with Crippen molar-refractivity contribution < 1.29 is 0 Å². The van der Waals surface area contributed by atoms with Crippen LogP contribution in [-0.4, -0.2) is 4.98 Å². The minimum absolute atomic E-state index is 0.681. The summed E-state index contributed by atoms with van der Waals surface area (Å²) in [6, 6.07) is 11.7. The van der Waals surface area contributed by atoms with Crippen LogP contribution in [0, 0.1) is 6.92 Å². The molecule has 0 saturated carbocycles. The number of rotatable bonds is 3. The molecule has 0 bridgehead atoms. The number of aryl methyl sites for hydroxylation is 1. The van der Waals surface area contributed by atoms with Gasteiger partial charge in [0.25, 0.3) is 0 Å². The van der Waals surface area contributed by atoms with Crippen LogP contribution in [0.2, 0.25) is 5.02 Å². The van der Waals surface area contributed by atoms with Gasteiger partial charge in [-0.05, 0) is 47.1 Å². The molecule has 2 aromatic rings. The van der Waals surface area contributed by atoms with Crippen molar-refractivity contribution in [1.29, 1.82) is 0 Å². The minimum Gasteiger partial charge on any atom is -0.378 e. The lowest BCUT2D eigenvalue weighted by Crippen LogP contribution is -2.02. The average molecular weight is 312 g/mol. The summed E-state index contributed by atoms with van der Waals surface area (Å²) in [6.07, 6.45) is 0. The lowest BCUT2D eigenvalue weighted by molar-refractivity contribution is 1.01. The smallest absolute Gasteiger partial charge is 0.0597 e. The molecule has 88 valence electrons. The van der Waals surface area contributed by atoms with Gasteiger partial charge in [0.05, 0.1) is 27.4 Å². The fraction of sp³-hybridized carbons (Fsp3) is 0.154. The van der Waals surface area contributed by atoms with E-state index in [0.717, 1.165) is 21.5 Å². The Bertz CT molecular complexity index is 529. The predicted molar refractivity (Wildman–Crippen MR) is 75.5 cm³/mol. The summed E-state index contributed by atoms with van der Waals surface area (Å²) in [5.74, 6) is 0. The molecule has 0 aliphatic heterocycles. The van der Waals surface area contributed by atoms with E-state index in [1.54, 1.807) is 0 Å². The maximum absolute atomic E-state index is 6.02. The van der Waals surface area contributed by atoms with Crippen molar-refractivity contribution in [2.45, 2.75) is 13.5 Å². The second-order valence-corrected chi connectivity index (χ2v) is 4.93. The number of pyridine rings is 1. The number of hydrogen-bond donors (Lipinski definition) is 1. The van der Waals surface area contributed by atoms with E-state index in [9.17, 15) is 0 Å². The van der Waals surface area contributed by atoms with Crippen LogP contribution in [0.15, 0.2) is 40.9 Å². The molecule has 0 atom stereocenters. The van der Waals surface area contributed by atoms with Crippen LogP contribution in [0.25, 0.3) is 0 Å². The van der Waals surface area contributed by atoms with E-state index in [1.165, 1.54) is 0 Å². The van der Waals surface area contributed by atoms with E-state index in [2.05, 4.69) is 26.2 Å². The number of nitrogens with one attached hydrogen (secondary N) is 1. The maximum atomic E-state index is 6.02. The summed E-state index contributed by atoms with van der Waals surface area (Å²) in [4.78, 5) is 4.43. The molecule has 4 heteroatoms. The first-order valence-corrected chi connectivity index (χ1v) is 6.44. The van der Waals surface area contributed by atoms with Gasteiger partial charge in [-0.2, -0.15) is 0 Å². The van der Waals surface area contributed by atoms with Crippen LogP contribution in [0.5, 0.6) is 0 Å². The first-order valence-electron chi connectivity index (χ1n) is 5.27. The monoisotopic (exact) mass is 310 g/mol. The minimum atomic E-state index is 0.681. The molecule has 0 radical (unpaired) electrons. The summed E-state index contributed by atoms with van der Waals surface area (Å²) in [5, 5.41) is 4.00. The highest BCUT2D eigenvalue weighted by Gasteiger charge is 2.03. The molecule has 2 nitrogen and oxygen atoms in total. The van der Waals surface area contributed by atoms with Crippen molar-refractivity contribution in [2.24, 2.45) is 0 Å². The van der Waals surface area contributed by atoms with E-state index in [4.69, 9.17) is 11.6 Å². The zero-order valence-electron chi connectivity index (χ0n) is 9.37. The highest BCUT2D eigenvalue weighted by Crippen LogP contribution is 2.30. The molecule has 1 N–H and O–H groups in total. The van der Waals surface area contributed by atoms with Crippen molar-refractivity contribution in [3.63, 3.8) is 0 Å². The van der Waals surface area contributed by atoms with Gasteiger partial charge in [-0.15, -0.1) is 0 Å². The number of benzene rings is 1. The van der Waals surface area contributed by atoms with Crippen molar-refractivity contribution in [1.82, 2.24) is 4.98 Å². The Morgan fingerprint density at radius 2 is 2.00 bits per heavy atom. The molecule has 0 spiro atoms. The second kappa shape index (κ2) is 5.52. The first-order chi connectivity index (χ1) is 8.16. The average Bonchev–Trinajstić information content (AvgIpc) is 2.31. The molecule has 1 heterocycles. The molecule has 0 aliphatic carbocycles. The first kappa shape index (κ1) is 12.4. The number of anilines is 1. The fourth-order valence-electron chi connectivity index (χ4n) is 1.52. The highest BCUT2D eigenvalue weighted by molar-refractivity contribution is 9.10. The summed E-state index contributed by atoms with van der Waals surface area (Å²) in [6.45, 7) is 2.67. The van der Waals surface area contributed by atoms with Gasteiger partial charge in [0.1, 0.15) is 0 Å². The van der Waals surface area contributed by atoms with Gasteiger partial charge in [0, 0.05) is 5.69 Å². The zero-order valence-corrected chi connectivity index (χ0v) is 11.7. The van der Waals surface area contributed by atoms with Gasteiger partial charge in [0.2, 0.25) is 0 Å². The topological polar surface area (TPSA) is 24.9 Å². The zero-order chi connectivity index (χ0) is 12.3. The van der Waals surface area contributed by atoms with E-state index < -0.39 is 0 Å². The number of nitrogens with zero attached hydrogens (tertiary/aromatic N) is 1. The molecule has 0 aliphatic rings. The molecule has 1 aromatic heterocycles. The van der Waals surface area contributed by atoms with Crippen LogP contribution >= 0.6 is 27.5 Å². The van der Waals surface area contributed by atoms with E-state index in [1.807, 2.05) is 43.3 Å². The van der Waals surface area contributed by atoms with Crippen molar-refractivity contribution in [3.8, 4) is 0 Å². The van der Waals surface area contributed by atoms with E-state index in [-0.39, 0.29) is 0 Å². The standard InChI is InChI=1S/C13H12BrClN2/c1-9-4-2-5-10(17-9)8-16-12-7-3-6-11(15)13(12)14/h2-7,16H,8H2,1H3. The Morgan fingerprint density at radius 1 is 1.24 bits per heavy atom. The maximum Gasteiger partial charge on any atom is 0.0597 e. The third kappa shape index (κ3) is 3.20. The molecule has 0 fully saturated rings. The van der Waals surface area contributed by atoms with Gasteiger partial charge >= 0.3 is 0 Å². The van der Waals surface area contributed by atoms with Crippen LogP contribution in [0.3, 0.4) is 0 Å². The molecule has 0 amide bonds. The highest BCUT2D eigenvalue weighted by atomic mass is 79.9. The van der Waals surface area contributed by atoms with Gasteiger partial charge < -0.3 is 5.32 Å². The lowest BCUT2D eigenvalue weighted by Gasteiger charge is -2.09. The quantitative estimate of drug-likeness (QED) is 0.907. The van der Waals surface area contributed by atoms with Crippen LogP contribution in [-0.2, 0) is 6.54 Å². The van der Waals surface area contributed by atoms with Gasteiger partial charge in [-0.3, -0.25) is 4.98 Å². The van der Waals surface area contributed by atoms with Crippen molar-refractivity contribution >= 4 is 33.2 Å². The summed E-state index contributed by atoms with van der Waals surface area (Å²) >= 11 is 9.47. The molecule has 0 saturated heterocycles. The molecule has 17 heavy (non-hydrogen) atoms. The van der Waals surface area contributed by atoms with E-state index >= 15 is 0 Å². The van der Waals surface area contributed by atoms with Gasteiger partial charge in [-0.25, -0.2) is 0 Å². The predicted octanol–water partition coefficient (Wildman–Crippen LogP) is 4.42. The Balaban J connectivity index is 2.10. The lowest BCUT2D eigenvalue weighted by atomic mass is 10.3. The fourth-order valence-corrected chi connectivity index (χ4v) is 2.10. The Hall–Kier alpha value is -1.06. The van der Waals surface area contributed by atoms with E-state index in [0.29, 0.717) is 11.6 Å². The van der Waals surface area contributed by atoms with Gasteiger partial charge in [0.15, 0.2) is 0 Å². The third-order valence-corrected chi connectivity index (χ3v) is 3.76. The Labute approximate surface area is 114 Å². The summed E-state index contributed by atoms with van der Waals surface area (Å²) < 4.78 is 0.884. The molecular formula is C13H12BrClN2. The van der Waals surface area contributed by atoms with Crippen molar-refractivity contribution in [2.75, 3.05) is 5.32 Å². The second-order valence-electron chi connectivity index (χ2n) is 3.73. The van der Waals surface area contributed by atoms with Crippen LogP contribution in [0.4, 0.5) is 5.69 Å². The van der Waals surface area contributed by atoms with Gasteiger partial charge in [-0.1, -0.05) is 23.7 Å². The Kier molecular flexibility index (Phi) is 4.02. The number of aromatic nitrogens is 1. The molecule has 0 unspecified atom stereocenters. The third-order valence-electron chi connectivity index (χ3n) is 2.36. The normalized spacial score (nSPS) is 10.3.